The average Bonchev–Trinajstić information content (AvgIpc) is 2.96. The Bertz CT molecular complexity index is 810. The van der Waals surface area contributed by atoms with Crippen LogP contribution in [0.2, 0.25) is 0 Å². The van der Waals surface area contributed by atoms with Crippen LogP contribution < -0.4 is 10.6 Å². The number of hydrogen-bond donors (Lipinski definition) is 2. The van der Waals surface area contributed by atoms with E-state index in [9.17, 15) is 0 Å². The van der Waals surface area contributed by atoms with E-state index in [1.54, 1.807) is 0 Å². The minimum Gasteiger partial charge on any atom is -0.357 e. The molecule has 1 aromatic heterocycles. The van der Waals surface area contributed by atoms with Gasteiger partial charge in [-0.2, -0.15) is 0 Å². The lowest BCUT2D eigenvalue weighted by atomic mass is 9.84. The Hall–Kier alpha value is -1.64. The van der Waals surface area contributed by atoms with Gasteiger partial charge in [-0.3, -0.25) is 0 Å². The summed E-state index contributed by atoms with van der Waals surface area (Å²) in [4.78, 5) is 4.79. The lowest BCUT2D eigenvalue weighted by Gasteiger charge is -2.27. The molecule has 1 aliphatic rings. The number of rotatable bonds is 7. The first-order valence-electron chi connectivity index (χ1n) is 11.1. The van der Waals surface area contributed by atoms with E-state index in [4.69, 9.17) is 4.99 Å². The van der Waals surface area contributed by atoms with Crippen molar-refractivity contribution in [3.8, 4) is 0 Å². The summed E-state index contributed by atoms with van der Waals surface area (Å²) in [6.07, 6.45) is 5.78. The molecule has 1 aliphatic heterocycles. The van der Waals surface area contributed by atoms with Crippen molar-refractivity contribution >= 4 is 29.9 Å². The second kappa shape index (κ2) is 11.7. The Morgan fingerprint density at radius 2 is 1.83 bits per heavy atom. The Morgan fingerprint density at radius 1 is 1.07 bits per heavy atom. The van der Waals surface area contributed by atoms with E-state index in [-0.39, 0.29) is 29.4 Å². The minimum atomic E-state index is 0. The lowest BCUT2D eigenvalue weighted by Crippen LogP contribution is -2.43. The van der Waals surface area contributed by atoms with Crippen molar-refractivity contribution < 1.29 is 0 Å². The van der Waals surface area contributed by atoms with Crippen molar-refractivity contribution in [2.45, 2.75) is 78.3 Å². The van der Waals surface area contributed by atoms with Crippen LogP contribution in [-0.2, 0) is 31.3 Å². The van der Waals surface area contributed by atoms with E-state index in [0.717, 1.165) is 50.1 Å². The number of aliphatic imine (C=N–C) groups is 1. The van der Waals surface area contributed by atoms with Gasteiger partial charge in [-0.05, 0) is 37.3 Å². The third-order valence-corrected chi connectivity index (χ3v) is 5.75. The molecule has 0 atom stereocenters. The van der Waals surface area contributed by atoms with Gasteiger partial charge in [-0.15, -0.1) is 34.2 Å². The molecule has 30 heavy (non-hydrogen) atoms. The van der Waals surface area contributed by atoms with Crippen molar-refractivity contribution in [2.24, 2.45) is 4.99 Å². The second-order valence-electron chi connectivity index (χ2n) is 8.48. The van der Waals surface area contributed by atoms with Gasteiger partial charge in [0, 0.05) is 31.5 Å². The van der Waals surface area contributed by atoms with Crippen molar-refractivity contribution in [1.82, 2.24) is 25.4 Å². The van der Waals surface area contributed by atoms with Crippen molar-refractivity contribution in [3.05, 3.63) is 47.0 Å². The van der Waals surface area contributed by atoms with Crippen LogP contribution >= 0.6 is 24.0 Å². The van der Waals surface area contributed by atoms with Gasteiger partial charge >= 0.3 is 0 Å². The smallest absolute Gasteiger partial charge is 0.191 e. The number of aryl methyl sites for hydroxylation is 2. The summed E-state index contributed by atoms with van der Waals surface area (Å²) in [5, 5.41) is 15.7. The Balaban J connectivity index is 0.00000320. The van der Waals surface area contributed by atoms with Gasteiger partial charge in [-0.25, -0.2) is 4.99 Å². The highest BCUT2D eigenvalue weighted by atomic mass is 127. The molecular formula is C23H37IN6. The molecule has 0 radical (unpaired) electrons. The second-order valence-corrected chi connectivity index (χ2v) is 8.48. The topological polar surface area (TPSA) is 67.1 Å². The lowest BCUT2D eigenvalue weighted by molar-refractivity contribution is 0.508. The quantitative estimate of drug-likeness (QED) is 0.324. The van der Waals surface area contributed by atoms with Gasteiger partial charge in [0.15, 0.2) is 11.8 Å². The normalized spacial score (nSPS) is 14.5. The van der Waals surface area contributed by atoms with Gasteiger partial charge in [0.2, 0.25) is 0 Å². The van der Waals surface area contributed by atoms with E-state index in [1.165, 1.54) is 30.4 Å². The number of fused-ring (bicyclic) bond motifs is 1. The van der Waals surface area contributed by atoms with Crippen LogP contribution in [0.1, 0.15) is 69.7 Å². The van der Waals surface area contributed by atoms with E-state index in [0.29, 0.717) is 6.54 Å². The molecule has 0 bridgehead atoms. The fourth-order valence-electron chi connectivity index (χ4n) is 3.75. The predicted octanol–water partition coefficient (Wildman–Crippen LogP) is 4.22. The van der Waals surface area contributed by atoms with E-state index in [1.807, 2.05) is 0 Å². The highest BCUT2D eigenvalue weighted by Crippen LogP contribution is 2.23. The SMILES string of the molecule is CCNC(=NCc1nnc2n1CCCCC2)NCC(C)(C)c1ccc(CC)cc1.I. The van der Waals surface area contributed by atoms with E-state index >= 15 is 0 Å². The van der Waals surface area contributed by atoms with Crippen LogP contribution in [0.4, 0.5) is 0 Å². The maximum absolute atomic E-state index is 4.79. The maximum atomic E-state index is 4.79. The Labute approximate surface area is 198 Å². The molecule has 0 amide bonds. The van der Waals surface area contributed by atoms with Gasteiger partial charge in [0.1, 0.15) is 12.4 Å². The van der Waals surface area contributed by atoms with Gasteiger partial charge in [0.25, 0.3) is 0 Å². The molecule has 0 unspecified atom stereocenters. The summed E-state index contributed by atoms with van der Waals surface area (Å²) in [7, 11) is 0. The molecule has 7 heteroatoms. The van der Waals surface area contributed by atoms with Crippen molar-refractivity contribution in [2.75, 3.05) is 13.1 Å². The fourth-order valence-corrected chi connectivity index (χ4v) is 3.75. The fraction of sp³-hybridized carbons (Fsp3) is 0.609. The van der Waals surface area contributed by atoms with E-state index < -0.39 is 0 Å². The first-order valence-corrected chi connectivity index (χ1v) is 11.1. The van der Waals surface area contributed by atoms with Crippen LogP contribution in [-0.4, -0.2) is 33.8 Å². The van der Waals surface area contributed by atoms with E-state index in [2.05, 4.69) is 77.4 Å². The third-order valence-electron chi connectivity index (χ3n) is 5.75. The molecule has 6 nitrogen and oxygen atoms in total. The summed E-state index contributed by atoms with van der Waals surface area (Å²) in [6, 6.07) is 8.95. The number of nitrogens with zero attached hydrogens (tertiary/aromatic N) is 4. The summed E-state index contributed by atoms with van der Waals surface area (Å²) in [5.74, 6) is 2.91. The molecule has 0 aliphatic carbocycles. The summed E-state index contributed by atoms with van der Waals surface area (Å²) < 4.78 is 2.26. The molecule has 0 spiro atoms. The molecular weight excluding hydrogens is 487 g/mol. The number of guanidine groups is 1. The summed E-state index contributed by atoms with van der Waals surface area (Å²) in [5.41, 5.74) is 2.72. The van der Waals surface area contributed by atoms with Gasteiger partial charge in [0.05, 0.1) is 0 Å². The van der Waals surface area contributed by atoms with Crippen LogP contribution in [0.3, 0.4) is 0 Å². The standard InChI is InChI=1S/C23H36N6.HI/c1-5-18-11-13-19(14-12-18)23(3,4)17-26-22(24-6-2)25-16-21-28-27-20-10-8-7-9-15-29(20)21;/h11-14H,5-10,15-17H2,1-4H3,(H2,24,25,26);1H. The molecule has 0 fully saturated rings. The summed E-state index contributed by atoms with van der Waals surface area (Å²) in [6.45, 7) is 12.0. The average molecular weight is 524 g/mol. The van der Waals surface area contributed by atoms with Crippen LogP contribution in [0, 0.1) is 0 Å². The molecule has 0 saturated heterocycles. The van der Waals surface area contributed by atoms with Crippen LogP contribution in [0.25, 0.3) is 0 Å². The zero-order valence-corrected chi connectivity index (χ0v) is 21.2. The third kappa shape index (κ3) is 6.43. The highest BCUT2D eigenvalue weighted by molar-refractivity contribution is 14.0. The Morgan fingerprint density at radius 3 is 2.53 bits per heavy atom. The monoisotopic (exact) mass is 524 g/mol. The molecule has 1 aromatic carbocycles. The van der Waals surface area contributed by atoms with Crippen LogP contribution in [0.15, 0.2) is 29.3 Å². The zero-order chi connectivity index (χ0) is 20.7. The first-order chi connectivity index (χ1) is 14.0. The van der Waals surface area contributed by atoms with Crippen LogP contribution in [0.5, 0.6) is 0 Å². The number of nitrogens with one attached hydrogen (secondary N) is 2. The maximum Gasteiger partial charge on any atom is 0.191 e. The number of benzene rings is 1. The minimum absolute atomic E-state index is 0. The van der Waals surface area contributed by atoms with Gasteiger partial charge < -0.3 is 15.2 Å². The number of halogens is 1. The zero-order valence-electron chi connectivity index (χ0n) is 18.9. The molecule has 0 saturated carbocycles. The molecule has 2 heterocycles. The molecule has 166 valence electrons. The molecule has 2 aromatic rings. The molecule has 2 N–H and O–H groups in total. The number of hydrogen-bond acceptors (Lipinski definition) is 3. The van der Waals surface area contributed by atoms with Crippen molar-refractivity contribution in [1.29, 1.82) is 0 Å². The van der Waals surface area contributed by atoms with Gasteiger partial charge in [-0.1, -0.05) is 51.5 Å². The summed E-state index contributed by atoms with van der Waals surface area (Å²) >= 11 is 0. The number of aromatic nitrogens is 3. The predicted molar refractivity (Wildman–Crippen MR) is 135 cm³/mol. The largest absolute Gasteiger partial charge is 0.357 e. The van der Waals surface area contributed by atoms with Crippen molar-refractivity contribution in [3.63, 3.8) is 0 Å². The Kier molecular flexibility index (Phi) is 9.58. The first kappa shape index (κ1) is 24.6. The highest BCUT2D eigenvalue weighted by Gasteiger charge is 2.21. The molecule has 3 rings (SSSR count).